The van der Waals surface area contributed by atoms with E-state index < -0.39 is 0 Å². The van der Waals surface area contributed by atoms with Crippen LogP contribution in [0.4, 0.5) is 5.69 Å². The molecule has 0 saturated carbocycles. The molecule has 0 atom stereocenters. The van der Waals surface area contributed by atoms with Crippen LogP contribution < -0.4 is 0 Å². The summed E-state index contributed by atoms with van der Waals surface area (Å²) in [7, 11) is 0. The molecule has 24 heavy (non-hydrogen) atoms. The topological polar surface area (TPSA) is 63.4 Å². The van der Waals surface area contributed by atoms with E-state index in [2.05, 4.69) is 0 Å². The van der Waals surface area contributed by atoms with Gasteiger partial charge < -0.3 is 5.11 Å². The highest BCUT2D eigenvalue weighted by atomic mass is 16.6. The van der Waals surface area contributed by atoms with Crippen LogP contribution in [0.15, 0.2) is 60.7 Å². The first-order valence-electron chi connectivity index (χ1n) is 7.62. The second-order valence-corrected chi connectivity index (χ2v) is 5.98. The molecule has 114 valence electrons. The standard InChI is InChI=1S/C20H11NO3/c22-16-10-8-12-6-5-11-7-9-15(21(23)24)19-13-3-1-2-4-14(13)20(16)18(12)17(11)19/h1-10,22H. The van der Waals surface area contributed by atoms with E-state index in [0.29, 0.717) is 5.39 Å². The highest BCUT2D eigenvalue weighted by molar-refractivity contribution is 6.36. The van der Waals surface area contributed by atoms with Gasteiger partial charge in [-0.05, 0) is 33.7 Å². The van der Waals surface area contributed by atoms with Crippen molar-refractivity contribution in [3.05, 3.63) is 70.8 Å². The average molecular weight is 313 g/mol. The van der Waals surface area contributed by atoms with Crippen molar-refractivity contribution in [3.8, 4) is 5.75 Å². The molecule has 5 aromatic rings. The normalized spacial score (nSPS) is 11.8. The number of hydrogen-bond acceptors (Lipinski definition) is 3. The Morgan fingerprint density at radius 3 is 1.92 bits per heavy atom. The first-order chi connectivity index (χ1) is 11.7. The van der Waals surface area contributed by atoms with Gasteiger partial charge in [0.05, 0.1) is 10.3 Å². The number of hydrogen-bond donors (Lipinski definition) is 1. The Balaban J connectivity index is 2.30. The molecule has 0 aliphatic heterocycles. The van der Waals surface area contributed by atoms with E-state index in [4.69, 9.17) is 0 Å². The number of phenolic OH excluding ortho intramolecular Hbond substituents is 1. The predicted octanol–water partition coefficient (Wildman–Crippen LogP) is 5.35. The van der Waals surface area contributed by atoms with Crippen molar-refractivity contribution in [1.82, 2.24) is 0 Å². The van der Waals surface area contributed by atoms with Crippen molar-refractivity contribution in [1.29, 1.82) is 0 Å². The van der Waals surface area contributed by atoms with Crippen molar-refractivity contribution in [3.63, 3.8) is 0 Å². The monoisotopic (exact) mass is 313 g/mol. The van der Waals surface area contributed by atoms with Gasteiger partial charge >= 0.3 is 0 Å². The van der Waals surface area contributed by atoms with Gasteiger partial charge in [0.2, 0.25) is 0 Å². The third-order valence-electron chi connectivity index (χ3n) is 4.79. The molecule has 0 heterocycles. The molecule has 1 N–H and O–H groups in total. The number of benzene rings is 5. The zero-order valence-corrected chi connectivity index (χ0v) is 12.5. The van der Waals surface area contributed by atoms with E-state index in [0.717, 1.165) is 37.7 Å². The lowest BCUT2D eigenvalue weighted by atomic mass is 9.88. The second kappa shape index (κ2) is 4.32. The van der Waals surface area contributed by atoms with E-state index in [9.17, 15) is 15.2 Å². The minimum atomic E-state index is -0.335. The molecule has 0 aromatic heterocycles. The number of non-ortho nitro benzene ring substituents is 1. The summed E-state index contributed by atoms with van der Waals surface area (Å²) in [4.78, 5) is 11.3. The fourth-order valence-electron chi connectivity index (χ4n) is 3.83. The van der Waals surface area contributed by atoms with Crippen LogP contribution in [0.25, 0.3) is 43.1 Å². The fraction of sp³-hybridized carbons (Fsp3) is 0. The molecule has 5 rings (SSSR count). The summed E-state index contributed by atoms with van der Waals surface area (Å²) >= 11 is 0. The fourth-order valence-corrected chi connectivity index (χ4v) is 3.83. The lowest BCUT2D eigenvalue weighted by molar-refractivity contribution is -0.383. The smallest absolute Gasteiger partial charge is 0.277 e. The largest absolute Gasteiger partial charge is 0.507 e. The van der Waals surface area contributed by atoms with Crippen LogP contribution in [0.5, 0.6) is 5.75 Å². The first kappa shape index (κ1) is 13.1. The van der Waals surface area contributed by atoms with Gasteiger partial charge in [-0.3, -0.25) is 10.1 Å². The average Bonchev–Trinajstić information content (AvgIpc) is 2.60. The number of nitrogens with zero attached hydrogens (tertiary/aromatic N) is 1. The van der Waals surface area contributed by atoms with Crippen molar-refractivity contribution >= 4 is 48.8 Å². The van der Waals surface area contributed by atoms with Gasteiger partial charge in [-0.2, -0.15) is 0 Å². The Labute approximate surface area is 136 Å². The van der Waals surface area contributed by atoms with Crippen LogP contribution >= 0.6 is 0 Å². The molecular formula is C20H11NO3. The quantitative estimate of drug-likeness (QED) is 0.196. The number of nitro benzene ring substituents is 1. The van der Waals surface area contributed by atoms with E-state index in [1.54, 1.807) is 18.2 Å². The Morgan fingerprint density at radius 2 is 1.25 bits per heavy atom. The Bertz CT molecular complexity index is 1290. The summed E-state index contributed by atoms with van der Waals surface area (Å²) in [5.74, 6) is 0.194. The van der Waals surface area contributed by atoms with Gasteiger partial charge in [0.15, 0.2) is 0 Å². The van der Waals surface area contributed by atoms with E-state index in [1.165, 1.54) is 0 Å². The van der Waals surface area contributed by atoms with Gasteiger partial charge in [-0.25, -0.2) is 0 Å². The molecule has 0 saturated heterocycles. The Morgan fingerprint density at radius 1 is 0.708 bits per heavy atom. The molecule has 5 aromatic carbocycles. The second-order valence-electron chi connectivity index (χ2n) is 5.98. The minimum Gasteiger partial charge on any atom is -0.507 e. The summed E-state index contributed by atoms with van der Waals surface area (Å²) in [6.45, 7) is 0. The van der Waals surface area contributed by atoms with Gasteiger partial charge in [-0.15, -0.1) is 0 Å². The molecule has 0 unspecified atom stereocenters. The molecule has 0 aliphatic rings. The maximum Gasteiger partial charge on any atom is 0.277 e. The van der Waals surface area contributed by atoms with Crippen molar-refractivity contribution < 1.29 is 10.0 Å². The lowest BCUT2D eigenvalue weighted by Crippen LogP contribution is -1.93. The number of phenols is 1. The van der Waals surface area contributed by atoms with Crippen LogP contribution in [0.2, 0.25) is 0 Å². The molecule has 0 bridgehead atoms. The van der Waals surface area contributed by atoms with E-state index >= 15 is 0 Å². The maximum atomic E-state index is 11.6. The summed E-state index contributed by atoms with van der Waals surface area (Å²) < 4.78 is 0. The zero-order valence-electron chi connectivity index (χ0n) is 12.5. The van der Waals surface area contributed by atoms with E-state index in [-0.39, 0.29) is 16.4 Å². The summed E-state index contributed by atoms with van der Waals surface area (Å²) in [6, 6.07) is 18.4. The summed E-state index contributed by atoms with van der Waals surface area (Å²) in [6.07, 6.45) is 0. The van der Waals surface area contributed by atoms with E-state index in [1.807, 2.05) is 42.5 Å². The number of aromatic hydroxyl groups is 1. The molecule has 0 amide bonds. The van der Waals surface area contributed by atoms with Crippen LogP contribution in [0.3, 0.4) is 0 Å². The summed E-state index contributed by atoms with van der Waals surface area (Å²) in [5, 5.41) is 28.7. The Kier molecular flexibility index (Phi) is 2.36. The molecule has 4 heteroatoms. The van der Waals surface area contributed by atoms with Crippen molar-refractivity contribution in [2.24, 2.45) is 0 Å². The van der Waals surface area contributed by atoms with Crippen molar-refractivity contribution in [2.75, 3.05) is 0 Å². The van der Waals surface area contributed by atoms with Gasteiger partial charge in [0.25, 0.3) is 5.69 Å². The first-order valence-corrected chi connectivity index (χ1v) is 7.62. The predicted molar refractivity (Wildman–Crippen MR) is 96.0 cm³/mol. The minimum absolute atomic E-state index is 0.0939. The molecule has 4 nitrogen and oxygen atoms in total. The third kappa shape index (κ3) is 1.47. The van der Waals surface area contributed by atoms with Gasteiger partial charge in [0, 0.05) is 22.2 Å². The molecule has 0 aliphatic carbocycles. The molecular weight excluding hydrogens is 302 g/mol. The highest BCUT2D eigenvalue weighted by Gasteiger charge is 2.21. The highest BCUT2D eigenvalue weighted by Crippen LogP contribution is 2.46. The SMILES string of the molecule is O=[N+]([O-])c1ccc2ccc3ccc(O)c4c5ccccc5c1c2c34. The maximum absolute atomic E-state index is 11.6. The zero-order chi connectivity index (χ0) is 16.4. The summed E-state index contributed by atoms with van der Waals surface area (Å²) in [5.41, 5.74) is 0.0939. The molecule has 0 radical (unpaired) electrons. The molecule has 0 spiro atoms. The van der Waals surface area contributed by atoms with Crippen LogP contribution in [-0.4, -0.2) is 10.0 Å². The third-order valence-corrected chi connectivity index (χ3v) is 4.79. The molecule has 0 fully saturated rings. The number of fused-ring (bicyclic) bond motifs is 3. The number of rotatable bonds is 1. The van der Waals surface area contributed by atoms with Gasteiger partial charge in [-0.1, -0.05) is 42.5 Å². The van der Waals surface area contributed by atoms with Crippen LogP contribution in [0.1, 0.15) is 0 Å². The van der Waals surface area contributed by atoms with Gasteiger partial charge in [0.1, 0.15) is 5.75 Å². The van der Waals surface area contributed by atoms with Crippen molar-refractivity contribution in [2.45, 2.75) is 0 Å². The van der Waals surface area contributed by atoms with Crippen LogP contribution in [0, 0.1) is 10.1 Å². The lowest BCUT2D eigenvalue weighted by Gasteiger charge is -2.15. The van der Waals surface area contributed by atoms with Crippen LogP contribution in [-0.2, 0) is 0 Å². The Hall–Kier alpha value is -3.40. The number of nitro groups is 1.